The predicted molar refractivity (Wildman–Crippen MR) is 87.8 cm³/mol. The second-order valence-corrected chi connectivity index (χ2v) is 4.90. The van der Waals surface area contributed by atoms with Gasteiger partial charge in [0.1, 0.15) is 6.61 Å². The summed E-state index contributed by atoms with van der Waals surface area (Å²) in [5, 5.41) is 5.73. The van der Waals surface area contributed by atoms with Gasteiger partial charge in [-0.3, -0.25) is 5.01 Å². The molecule has 0 aromatic rings. The summed E-state index contributed by atoms with van der Waals surface area (Å²) >= 11 is 0. The molecule has 0 spiro atoms. The van der Waals surface area contributed by atoms with Crippen LogP contribution in [0.5, 0.6) is 0 Å². The van der Waals surface area contributed by atoms with Crippen molar-refractivity contribution < 1.29 is 38.1 Å². The fourth-order valence-electron chi connectivity index (χ4n) is 1.77. The van der Waals surface area contributed by atoms with Crippen LogP contribution in [0, 0.1) is 0 Å². The third kappa shape index (κ3) is 8.62. The Morgan fingerprint density at radius 1 is 1.00 bits per heavy atom. The number of hydrogen-bond acceptors (Lipinski definition) is 10. The van der Waals surface area contributed by atoms with Crippen LogP contribution in [-0.2, 0) is 38.1 Å². The molecule has 10 heteroatoms. The van der Waals surface area contributed by atoms with Crippen molar-refractivity contribution in [1.82, 2.24) is 5.01 Å². The average molecular weight is 368 g/mol. The van der Waals surface area contributed by atoms with Gasteiger partial charge in [-0.15, -0.1) is 0 Å². The number of esters is 4. The minimum atomic E-state index is -0.824. The first-order chi connectivity index (χ1) is 12.4. The van der Waals surface area contributed by atoms with Gasteiger partial charge in [0.05, 0.1) is 20.8 Å². The van der Waals surface area contributed by atoms with Gasteiger partial charge < -0.3 is 18.9 Å². The molecule has 1 aliphatic heterocycles. The van der Waals surface area contributed by atoms with E-state index in [9.17, 15) is 19.2 Å². The molecule has 1 atom stereocenters. The van der Waals surface area contributed by atoms with Crippen molar-refractivity contribution in [3.63, 3.8) is 0 Å². The maximum atomic E-state index is 11.8. The zero-order chi connectivity index (χ0) is 19.4. The van der Waals surface area contributed by atoms with Crippen molar-refractivity contribution in [2.24, 2.45) is 5.10 Å². The first-order valence-electron chi connectivity index (χ1n) is 7.61. The molecular weight excluding hydrogens is 348 g/mol. The lowest BCUT2D eigenvalue weighted by atomic mass is 10.3. The zero-order valence-electron chi connectivity index (χ0n) is 14.5. The highest BCUT2D eigenvalue weighted by atomic mass is 16.6. The second-order valence-electron chi connectivity index (χ2n) is 4.90. The Balaban J connectivity index is 2.59. The first kappa shape index (κ1) is 20.9. The number of nitrogens with zero attached hydrogens (tertiary/aromatic N) is 2. The van der Waals surface area contributed by atoms with Crippen LogP contribution >= 0.6 is 0 Å². The van der Waals surface area contributed by atoms with E-state index in [4.69, 9.17) is 9.47 Å². The van der Waals surface area contributed by atoms with Crippen molar-refractivity contribution in [3.05, 3.63) is 24.3 Å². The Labute approximate surface area is 150 Å². The molecule has 1 aliphatic rings. The quantitative estimate of drug-likeness (QED) is 0.304. The van der Waals surface area contributed by atoms with Gasteiger partial charge in [0, 0.05) is 43.5 Å². The smallest absolute Gasteiger partial charge is 0.331 e. The maximum Gasteiger partial charge on any atom is 0.331 e. The Morgan fingerprint density at radius 2 is 1.58 bits per heavy atom. The van der Waals surface area contributed by atoms with Crippen LogP contribution in [0.15, 0.2) is 29.4 Å². The standard InChI is InChI=1S/C16H20N2O8/c1-23-13(19)4-6-15(21)25-11-12(10-18-9-3-8-17-18)26-16(22)7-5-14(20)24-2/h4-8,12H,3,9-11H2,1-2H3/b6-4+,7-5+. The van der Waals surface area contributed by atoms with Gasteiger partial charge in [-0.1, -0.05) is 0 Å². The fourth-order valence-corrected chi connectivity index (χ4v) is 1.77. The molecule has 26 heavy (non-hydrogen) atoms. The fraction of sp³-hybridized carbons (Fsp3) is 0.438. The molecule has 0 aromatic carbocycles. The predicted octanol–water partition coefficient (Wildman–Crippen LogP) is -0.409. The summed E-state index contributed by atoms with van der Waals surface area (Å²) < 4.78 is 18.8. The Bertz CT molecular complexity index is 611. The number of carbonyl (C=O) groups is 4. The second kappa shape index (κ2) is 11.4. The maximum absolute atomic E-state index is 11.8. The van der Waals surface area contributed by atoms with E-state index in [1.807, 2.05) is 0 Å². The Morgan fingerprint density at radius 3 is 2.12 bits per heavy atom. The number of rotatable bonds is 9. The average Bonchev–Trinajstić information content (AvgIpc) is 3.14. The minimum Gasteiger partial charge on any atom is -0.466 e. The third-order valence-corrected chi connectivity index (χ3v) is 2.98. The molecule has 0 fully saturated rings. The van der Waals surface area contributed by atoms with E-state index in [0.29, 0.717) is 6.54 Å². The molecular formula is C16H20N2O8. The van der Waals surface area contributed by atoms with Crippen LogP contribution in [0.4, 0.5) is 0 Å². The van der Waals surface area contributed by atoms with Crippen molar-refractivity contribution in [2.45, 2.75) is 12.5 Å². The molecule has 0 amide bonds. The van der Waals surface area contributed by atoms with Gasteiger partial charge in [-0.05, 0) is 0 Å². The molecule has 1 heterocycles. The summed E-state index contributed by atoms with van der Waals surface area (Å²) in [7, 11) is 2.35. The van der Waals surface area contributed by atoms with Crippen molar-refractivity contribution in [3.8, 4) is 0 Å². The molecule has 0 N–H and O–H groups in total. The normalized spacial score (nSPS) is 14.5. The largest absolute Gasteiger partial charge is 0.466 e. The molecule has 0 saturated heterocycles. The lowest BCUT2D eigenvalue weighted by Gasteiger charge is -2.22. The summed E-state index contributed by atoms with van der Waals surface area (Å²) in [5.41, 5.74) is 0. The molecule has 0 bridgehead atoms. The van der Waals surface area contributed by atoms with Crippen LogP contribution in [0.25, 0.3) is 0 Å². The summed E-state index contributed by atoms with van der Waals surface area (Å²) in [4.78, 5) is 45.2. The summed E-state index contributed by atoms with van der Waals surface area (Å²) in [6, 6.07) is 0. The SMILES string of the molecule is COC(=O)/C=C/C(=O)OCC(CN1CCC=N1)OC(=O)/C=C/C(=O)OC. The van der Waals surface area contributed by atoms with E-state index in [2.05, 4.69) is 14.6 Å². The Kier molecular flexibility index (Phi) is 9.15. The van der Waals surface area contributed by atoms with Crippen molar-refractivity contribution >= 4 is 30.1 Å². The number of hydrazone groups is 1. The lowest BCUT2D eigenvalue weighted by molar-refractivity contribution is -0.153. The Hall–Kier alpha value is -3.17. The van der Waals surface area contributed by atoms with Gasteiger partial charge in [-0.2, -0.15) is 5.10 Å². The van der Waals surface area contributed by atoms with Crippen LogP contribution in [0.1, 0.15) is 6.42 Å². The minimum absolute atomic E-state index is 0.197. The number of carbonyl (C=O) groups excluding carboxylic acids is 4. The van der Waals surface area contributed by atoms with E-state index < -0.39 is 30.0 Å². The summed E-state index contributed by atoms with van der Waals surface area (Å²) in [6.45, 7) is 0.582. The van der Waals surface area contributed by atoms with Crippen molar-refractivity contribution in [1.29, 1.82) is 0 Å². The third-order valence-electron chi connectivity index (χ3n) is 2.98. The van der Waals surface area contributed by atoms with Gasteiger partial charge in [0.2, 0.25) is 0 Å². The van der Waals surface area contributed by atoms with Gasteiger partial charge in [0.15, 0.2) is 6.10 Å². The highest BCUT2D eigenvalue weighted by molar-refractivity contribution is 5.92. The number of methoxy groups -OCH3 is 2. The molecule has 0 aliphatic carbocycles. The number of hydrogen-bond donors (Lipinski definition) is 0. The van der Waals surface area contributed by atoms with Gasteiger partial charge in [0.25, 0.3) is 0 Å². The van der Waals surface area contributed by atoms with Crippen molar-refractivity contribution in [2.75, 3.05) is 33.9 Å². The highest BCUT2D eigenvalue weighted by Crippen LogP contribution is 2.06. The van der Waals surface area contributed by atoms with Crippen LogP contribution < -0.4 is 0 Å². The van der Waals surface area contributed by atoms with Crippen LogP contribution in [-0.4, -0.2) is 75.1 Å². The zero-order valence-corrected chi connectivity index (χ0v) is 14.5. The number of ether oxygens (including phenoxy) is 4. The topological polar surface area (TPSA) is 121 Å². The van der Waals surface area contributed by atoms with E-state index in [1.54, 1.807) is 11.2 Å². The lowest BCUT2D eigenvalue weighted by Crippen LogP contribution is -2.35. The molecule has 0 aromatic heterocycles. The molecule has 0 radical (unpaired) electrons. The summed E-state index contributed by atoms with van der Waals surface area (Å²) in [5.74, 6) is -3.01. The molecule has 10 nitrogen and oxygen atoms in total. The van der Waals surface area contributed by atoms with E-state index in [-0.39, 0.29) is 13.2 Å². The summed E-state index contributed by atoms with van der Waals surface area (Å²) in [6.07, 6.45) is 5.27. The molecule has 142 valence electrons. The van der Waals surface area contributed by atoms with E-state index >= 15 is 0 Å². The highest BCUT2D eigenvalue weighted by Gasteiger charge is 2.20. The molecule has 1 unspecified atom stereocenters. The van der Waals surface area contributed by atoms with E-state index in [0.717, 1.165) is 30.7 Å². The van der Waals surface area contributed by atoms with Gasteiger partial charge in [-0.25, -0.2) is 19.2 Å². The van der Waals surface area contributed by atoms with Crippen LogP contribution in [0.2, 0.25) is 0 Å². The first-order valence-corrected chi connectivity index (χ1v) is 7.61. The van der Waals surface area contributed by atoms with Crippen LogP contribution in [0.3, 0.4) is 0 Å². The van der Waals surface area contributed by atoms with Gasteiger partial charge >= 0.3 is 23.9 Å². The monoisotopic (exact) mass is 368 g/mol. The molecule has 0 saturated carbocycles. The molecule has 1 rings (SSSR count). The van der Waals surface area contributed by atoms with E-state index in [1.165, 1.54) is 14.2 Å².